The van der Waals surface area contributed by atoms with Crippen molar-refractivity contribution in [3.63, 3.8) is 0 Å². The number of hydrogen-bond donors (Lipinski definition) is 5. The molecule has 5 N–H and O–H groups in total. The fourth-order valence-corrected chi connectivity index (χ4v) is 9.97. The van der Waals surface area contributed by atoms with E-state index in [1.807, 2.05) is 78.9 Å². The number of aromatic amines is 2. The van der Waals surface area contributed by atoms with Crippen LogP contribution in [0.3, 0.4) is 0 Å². The van der Waals surface area contributed by atoms with Crippen LogP contribution >= 0.6 is 0 Å². The molecule has 2 amide bonds. The molecule has 6 aromatic carbocycles. The van der Waals surface area contributed by atoms with Gasteiger partial charge in [-0.1, -0.05) is 36.4 Å². The third-order valence-corrected chi connectivity index (χ3v) is 13.8. The molecule has 8 aromatic rings. The molecule has 2 atom stereocenters. The second kappa shape index (κ2) is 22.2. The lowest BCUT2D eigenvalue weighted by Crippen LogP contribution is -2.42. The number of esters is 3. The van der Waals surface area contributed by atoms with Gasteiger partial charge in [-0.15, -0.1) is 0 Å². The van der Waals surface area contributed by atoms with Crippen molar-refractivity contribution < 1.29 is 48.1 Å². The maximum Gasteiger partial charge on any atom is 0.328 e. The molecule has 394 valence electrons. The summed E-state index contributed by atoms with van der Waals surface area (Å²) in [6, 6.07) is 28.4. The van der Waals surface area contributed by atoms with Crippen molar-refractivity contribution in [2.24, 2.45) is 0 Å². The molecule has 0 aliphatic carbocycles. The first-order chi connectivity index (χ1) is 37.0. The van der Waals surface area contributed by atoms with Gasteiger partial charge in [-0.3, -0.25) is 28.8 Å². The predicted molar refractivity (Wildman–Crippen MR) is 286 cm³/mol. The number of fused-ring (bicyclic) bond motifs is 8. The molecule has 0 saturated carbocycles. The molecule has 10 rings (SSSR count). The predicted octanol–water partition coefficient (Wildman–Crippen LogP) is 6.81. The van der Waals surface area contributed by atoms with E-state index in [2.05, 4.69) is 35.3 Å². The van der Waals surface area contributed by atoms with Crippen molar-refractivity contribution in [1.82, 2.24) is 29.7 Å². The number of ether oxygens (including phenoxy) is 3. The Hall–Kier alpha value is -9.46. The van der Waals surface area contributed by atoms with Crippen LogP contribution < -0.4 is 21.8 Å². The van der Waals surface area contributed by atoms with Gasteiger partial charge >= 0.3 is 23.9 Å². The highest BCUT2D eigenvalue weighted by Gasteiger charge is 2.39. The van der Waals surface area contributed by atoms with Crippen LogP contribution in [-0.4, -0.2) is 104 Å². The van der Waals surface area contributed by atoms with Gasteiger partial charge in [0.25, 0.3) is 22.9 Å². The molecule has 20 heteroatoms. The normalized spacial score (nSPS) is 13.5. The highest BCUT2D eigenvalue weighted by atomic mass is 16.5. The van der Waals surface area contributed by atoms with E-state index in [9.17, 15) is 38.4 Å². The fraction of sp³-hybridized carbons (Fsp3) is 0.263. The molecule has 0 fully saturated rings. The molecule has 4 heterocycles. The van der Waals surface area contributed by atoms with E-state index in [1.165, 1.54) is 31.1 Å². The number of methoxy groups -OCH3 is 3. The largest absolute Gasteiger partial charge is 0.481 e. The van der Waals surface area contributed by atoms with Crippen molar-refractivity contribution in [2.75, 3.05) is 32.0 Å². The Morgan fingerprint density at radius 3 is 1.43 bits per heavy atom. The minimum atomic E-state index is -1.05. The Bertz CT molecular complexity index is 3830. The number of aliphatic carboxylic acids is 1. The van der Waals surface area contributed by atoms with Crippen molar-refractivity contribution in [3.05, 3.63) is 163 Å². The zero-order chi connectivity index (χ0) is 54.7. The van der Waals surface area contributed by atoms with E-state index in [0.717, 1.165) is 55.2 Å². The molecule has 2 aliphatic rings. The van der Waals surface area contributed by atoms with Crippen LogP contribution in [-0.2, 0) is 59.6 Å². The number of benzene rings is 6. The average Bonchev–Trinajstić information content (AvgIpc) is 3.93. The van der Waals surface area contributed by atoms with E-state index in [0.29, 0.717) is 57.7 Å². The van der Waals surface area contributed by atoms with E-state index < -0.39 is 36.0 Å². The number of hydrogen-bond acceptors (Lipinski definition) is 15. The minimum absolute atomic E-state index is 0.00816. The maximum atomic E-state index is 13.1. The van der Waals surface area contributed by atoms with Crippen LogP contribution in [0.4, 0.5) is 11.4 Å². The third-order valence-electron chi connectivity index (χ3n) is 13.8. The van der Waals surface area contributed by atoms with Crippen molar-refractivity contribution in [2.45, 2.75) is 77.8 Å². The quantitative estimate of drug-likeness (QED) is 0.0378. The molecule has 20 nitrogen and oxygen atoms in total. The van der Waals surface area contributed by atoms with Gasteiger partial charge in [0.15, 0.2) is 0 Å². The van der Waals surface area contributed by atoms with Gasteiger partial charge in [-0.25, -0.2) is 19.6 Å². The number of carbonyl (C=O) groups excluding carboxylic acids is 5. The van der Waals surface area contributed by atoms with Gasteiger partial charge in [0.2, 0.25) is 0 Å². The molecular weight excluding hydrogens is 989 g/mol. The zero-order valence-corrected chi connectivity index (χ0v) is 42.8. The summed E-state index contributed by atoms with van der Waals surface area (Å²) in [6.45, 7) is 4.88. The lowest BCUT2D eigenvalue weighted by molar-refractivity contribution is -0.148. The van der Waals surface area contributed by atoms with Crippen LogP contribution in [0.15, 0.2) is 107 Å². The molecule has 0 spiro atoms. The molecule has 2 unspecified atom stereocenters. The number of nitrogens with zero attached hydrogens (tertiary/aromatic N) is 4. The summed E-state index contributed by atoms with van der Waals surface area (Å²) in [7, 11) is 3.75. The highest BCUT2D eigenvalue weighted by molar-refractivity contribution is 6.07. The average molecular weight is 1040 g/mol. The Morgan fingerprint density at radius 2 is 1.01 bits per heavy atom. The lowest BCUT2D eigenvalue weighted by atomic mass is 10.0. The third kappa shape index (κ3) is 11.0. The standard InChI is InChI=1S/C29H28N4O6.C28H26N4O6/c1-16-31-23-9-6-18-5-4-17(12-22(18)26(23)27(35)32-16)14-30-20-7-8-21-19(13-20)15-33(28(21)36)24(29(37)39-3)10-11-25(34)38-2;1-15-30-22-8-5-17-4-3-16(11-21(17)25(22)26(35)31-15)13-29-19-6-7-20-18(12-19)14-32(27(20)36)23(28(37)38-2)9-10-24(33)34/h4-9,12-13,24,30H,10-11,14-15H2,1-3H3,(H,31,32,35);3-8,11-12,23,29H,9-10,13-14H2,1-2H3,(H,33,34)(H,30,31,35). The summed E-state index contributed by atoms with van der Waals surface area (Å²) in [5, 5.41) is 20.4. The Balaban J connectivity index is 0.000000188. The smallest absolute Gasteiger partial charge is 0.328 e. The molecule has 0 radical (unpaired) electrons. The zero-order valence-electron chi connectivity index (χ0n) is 42.8. The number of anilines is 2. The van der Waals surface area contributed by atoms with E-state index in [-0.39, 0.29) is 61.7 Å². The fourth-order valence-electron chi connectivity index (χ4n) is 9.97. The summed E-state index contributed by atoms with van der Waals surface area (Å²) in [5.41, 5.74) is 6.96. The van der Waals surface area contributed by atoms with Gasteiger partial charge in [-0.05, 0) is 131 Å². The summed E-state index contributed by atoms with van der Waals surface area (Å²) in [5.74, 6) is -2.21. The molecule has 2 aliphatic heterocycles. The number of carboxylic acid groups (broad SMARTS) is 1. The number of rotatable bonds is 16. The molecule has 0 saturated heterocycles. The van der Waals surface area contributed by atoms with Crippen molar-refractivity contribution in [1.29, 1.82) is 0 Å². The number of carbonyl (C=O) groups is 6. The highest BCUT2D eigenvalue weighted by Crippen LogP contribution is 2.32. The Kier molecular flexibility index (Phi) is 15.1. The number of carboxylic acids is 1. The van der Waals surface area contributed by atoms with Crippen LogP contribution in [0.2, 0.25) is 0 Å². The van der Waals surface area contributed by atoms with E-state index >= 15 is 0 Å². The van der Waals surface area contributed by atoms with Crippen LogP contribution in [0.25, 0.3) is 43.4 Å². The number of aryl methyl sites for hydroxylation is 2. The molecule has 77 heavy (non-hydrogen) atoms. The van der Waals surface area contributed by atoms with E-state index in [4.69, 9.17) is 14.6 Å². The van der Waals surface area contributed by atoms with Crippen molar-refractivity contribution >= 4 is 90.4 Å². The molecular formula is C57H54N8O12. The summed E-state index contributed by atoms with van der Waals surface area (Å²) in [4.78, 5) is 116. The maximum absolute atomic E-state index is 13.1. The van der Waals surface area contributed by atoms with Gasteiger partial charge in [0.05, 0.1) is 43.1 Å². The molecule has 2 aromatic heterocycles. The SMILES string of the molecule is COC(=O)C(CCC(=O)O)N1Cc2cc(NCc3ccc4ccc5nc(C)[nH]c(=O)c5c4c3)ccc2C1=O.COC(=O)CCC(C(=O)OC)N1Cc2cc(NCc3ccc4ccc5nc(C)[nH]c(=O)c5c4c3)ccc2C1=O. The van der Waals surface area contributed by atoms with Gasteiger partial charge in [0, 0.05) is 61.5 Å². The van der Waals surface area contributed by atoms with Gasteiger partial charge < -0.3 is 49.7 Å². The first-order valence-corrected chi connectivity index (χ1v) is 24.7. The first-order valence-electron chi connectivity index (χ1n) is 24.7. The second-order valence-corrected chi connectivity index (χ2v) is 18.8. The Morgan fingerprint density at radius 1 is 0.584 bits per heavy atom. The Labute approximate surface area is 439 Å². The van der Waals surface area contributed by atoms with E-state index in [1.54, 1.807) is 32.0 Å². The second-order valence-electron chi connectivity index (χ2n) is 18.8. The number of amides is 2. The monoisotopic (exact) mass is 1040 g/mol. The number of aromatic nitrogens is 4. The van der Waals surface area contributed by atoms with Crippen molar-refractivity contribution in [3.8, 4) is 0 Å². The van der Waals surface area contributed by atoms with Gasteiger partial charge in [0.1, 0.15) is 23.7 Å². The van der Waals surface area contributed by atoms with Crippen LogP contribution in [0.5, 0.6) is 0 Å². The first kappa shape index (κ1) is 52.4. The molecule has 0 bridgehead atoms. The topological polar surface area (TPSA) is 272 Å². The summed E-state index contributed by atoms with van der Waals surface area (Å²) >= 11 is 0. The minimum Gasteiger partial charge on any atom is -0.481 e. The number of nitrogens with one attached hydrogen (secondary N) is 4. The van der Waals surface area contributed by atoms with Gasteiger partial charge in [-0.2, -0.15) is 0 Å². The van der Waals surface area contributed by atoms with Crippen LogP contribution in [0, 0.1) is 13.8 Å². The summed E-state index contributed by atoms with van der Waals surface area (Å²) < 4.78 is 14.4. The number of H-pyrrole nitrogens is 2. The lowest BCUT2D eigenvalue weighted by Gasteiger charge is -2.25. The summed E-state index contributed by atoms with van der Waals surface area (Å²) in [6.07, 6.45) is -0.179. The van der Waals surface area contributed by atoms with Crippen LogP contribution in [0.1, 0.15) is 80.3 Å².